The molecule has 0 fully saturated rings. The average Bonchev–Trinajstić information content (AvgIpc) is 3.09. The summed E-state index contributed by atoms with van der Waals surface area (Å²) in [7, 11) is 1.65. The second kappa shape index (κ2) is 8.31. The summed E-state index contributed by atoms with van der Waals surface area (Å²) in [5.74, 6) is 1.36. The molecule has 3 aromatic rings. The maximum atomic E-state index is 12.6. The van der Waals surface area contributed by atoms with Crippen molar-refractivity contribution in [3.8, 4) is 5.75 Å². The van der Waals surface area contributed by atoms with Crippen LogP contribution in [0.25, 0.3) is 0 Å². The molecular weight excluding hydrogens is 364 g/mol. The van der Waals surface area contributed by atoms with Gasteiger partial charge < -0.3 is 15.0 Å². The number of nitrogens with one attached hydrogen (secondary N) is 1. The minimum atomic E-state index is -0.198. The first kappa shape index (κ1) is 18.9. The van der Waals surface area contributed by atoms with Crippen LogP contribution in [0.1, 0.15) is 28.5 Å². The molecule has 1 atom stereocenters. The molecule has 1 aliphatic heterocycles. The fourth-order valence-corrected chi connectivity index (χ4v) is 3.76. The third kappa shape index (κ3) is 4.06. The smallest absolute Gasteiger partial charge is 0.270 e. The summed E-state index contributed by atoms with van der Waals surface area (Å²) < 4.78 is 5.24. The molecule has 29 heavy (non-hydrogen) atoms. The van der Waals surface area contributed by atoms with Gasteiger partial charge in [0.15, 0.2) is 0 Å². The van der Waals surface area contributed by atoms with E-state index < -0.39 is 0 Å². The van der Waals surface area contributed by atoms with Gasteiger partial charge in [-0.3, -0.25) is 4.79 Å². The maximum Gasteiger partial charge on any atom is 0.270 e. The second-order valence-electron chi connectivity index (χ2n) is 7.17. The van der Waals surface area contributed by atoms with Crippen LogP contribution in [0, 0.1) is 0 Å². The van der Waals surface area contributed by atoms with Crippen LogP contribution in [0.15, 0.2) is 60.9 Å². The number of rotatable bonds is 6. The van der Waals surface area contributed by atoms with E-state index in [1.807, 2.05) is 30.3 Å². The molecule has 0 radical (unpaired) electrons. The zero-order chi connectivity index (χ0) is 20.2. The van der Waals surface area contributed by atoms with Gasteiger partial charge in [0.1, 0.15) is 23.6 Å². The van der Waals surface area contributed by atoms with Crippen molar-refractivity contribution in [1.29, 1.82) is 0 Å². The van der Waals surface area contributed by atoms with E-state index in [0.717, 1.165) is 35.7 Å². The van der Waals surface area contributed by atoms with Crippen molar-refractivity contribution in [3.63, 3.8) is 0 Å². The monoisotopic (exact) mass is 388 g/mol. The molecule has 1 amide bonds. The number of carbonyl (C=O) groups excluding carboxylic acids is 1. The van der Waals surface area contributed by atoms with Crippen molar-refractivity contribution >= 4 is 17.4 Å². The highest BCUT2D eigenvalue weighted by Crippen LogP contribution is 2.36. The van der Waals surface area contributed by atoms with Crippen molar-refractivity contribution in [2.75, 3.05) is 18.6 Å². The van der Waals surface area contributed by atoms with Gasteiger partial charge in [-0.2, -0.15) is 0 Å². The molecule has 0 saturated heterocycles. The Labute approximate surface area is 170 Å². The van der Waals surface area contributed by atoms with E-state index in [2.05, 4.69) is 45.3 Å². The fraction of sp³-hybridized carbons (Fsp3) is 0.261. The molecule has 1 aromatic heterocycles. The van der Waals surface area contributed by atoms with Crippen molar-refractivity contribution in [2.24, 2.45) is 0 Å². The number of hydrogen-bond acceptors (Lipinski definition) is 5. The van der Waals surface area contributed by atoms with Crippen molar-refractivity contribution < 1.29 is 9.53 Å². The van der Waals surface area contributed by atoms with Gasteiger partial charge in [-0.05, 0) is 49.1 Å². The molecule has 6 heteroatoms. The fourth-order valence-electron chi connectivity index (χ4n) is 3.76. The lowest BCUT2D eigenvalue weighted by Gasteiger charge is -2.23. The number of fused-ring (bicyclic) bond motifs is 1. The largest absolute Gasteiger partial charge is 0.497 e. The number of ether oxygens (including phenoxy) is 1. The molecule has 0 aliphatic carbocycles. The molecule has 1 N–H and O–H groups in total. The van der Waals surface area contributed by atoms with Gasteiger partial charge >= 0.3 is 0 Å². The zero-order valence-electron chi connectivity index (χ0n) is 16.6. The van der Waals surface area contributed by atoms with Crippen LogP contribution in [0.2, 0.25) is 0 Å². The van der Waals surface area contributed by atoms with Crippen LogP contribution < -0.4 is 15.0 Å². The molecule has 1 unspecified atom stereocenters. The van der Waals surface area contributed by atoms with Crippen LogP contribution in [-0.2, 0) is 12.8 Å². The summed E-state index contributed by atoms with van der Waals surface area (Å²) in [5, 5.41) is 2.94. The highest BCUT2D eigenvalue weighted by Gasteiger charge is 2.28. The topological polar surface area (TPSA) is 67.3 Å². The predicted octanol–water partition coefficient (Wildman–Crippen LogP) is 3.54. The molecule has 2 heterocycles. The Morgan fingerprint density at radius 1 is 1.17 bits per heavy atom. The quantitative estimate of drug-likeness (QED) is 0.700. The van der Waals surface area contributed by atoms with E-state index in [-0.39, 0.29) is 11.9 Å². The first-order valence-electron chi connectivity index (χ1n) is 9.76. The molecule has 1 aliphatic rings. The van der Waals surface area contributed by atoms with Gasteiger partial charge in [-0.25, -0.2) is 9.97 Å². The third-order valence-corrected chi connectivity index (χ3v) is 5.17. The van der Waals surface area contributed by atoms with Gasteiger partial charge in [0.25, 0.3) is 5.91 Å². The highest BCUT2D eigenvalue weighted by atomic mass is 16.5. The molecule has 148 valence electrons. The number of hydrogen-bond donors (Lipinski definition) is 1. The first-order valence-corrected chi connectivity index (χ1v) is 9.76. The van der Waals surface area contributed by atoms with Crippen molar-refractivity contribution in [2.45, 2.75) is 25.8 Å². The summed E-state index contributed by atoms with van der Waals surface area (Å²) in [4.78, 5) is 23.4. The van der Waals surface area contributed by atoms with E-state index in [0.29, 0.717) is 12.2 Å². The summed E-state index contributed by atoms with van der Waals surface area (Å²) in [5.41, 5.74) is 3.92. The molecule has 0 saturated carbocycles. The van der Waals surface area contributed by atoms with E-state index >= 15 is 0 Å². The number of aromatic nitrogens is 2. The van der Waals surface area contributed by atoms with E-state index in [9.17, 15) is 4.79 Å². The van der Waals surface area contributed by atoms with Crippen molar-refractivity contribution in [3.05, 3.63) is 77.7 Å². The number of benzene rings is 2. The number of para-hydroxylation sites is 1. The van der Waals surface area contributed by atoms with Crippen LogP contribution in [-0.4, -0.2) is 35.6 Å². The van der Waals surface area contributed by atoms with E-state index in [1.165, 1.54) is 11.9 Å². The Bertz CT molecular complexity index is 1020. The van der Waals surface area contributed by atoms with Crippen molar-refractivity contribution in [1.82, 2.24) is 15.3 Å². The normalized spacial score (nSPS) is 15.1. The lowest BCUT2D eigenvalue weighted by atomic mass is 10.1. The van der Waals surface area contributed by atoms with E-state index in [4.69, 9.17) is 4.74 Å². The highest BCUT2D eigenvalue weighted by molar-refractivity contribution is 5.93. The Morgan fingerprint density at radius 3 is 2.90 bits per heavy atom. The predicted molar refractivity (Wildman–Crippen MR) is 113 cm³/mol. The Hall–Kier alpha value is -3.41. The summed E-state index contributed by atoms with van der Waals surface area (Å²) in [6.45, 7) is 2.68. The Kier molecular flexibility index (Phi) is 5.42. The molecule has 4 rings (SSSR count). The number of amides is 1. The van der Waals surface area contributed by atoms with Crippen LogP contribution in [0.5, 0.6) is 5.75 Å². The molecule has 0 spiro atoms. The number of methoxy groups -OCH3 is 1. The molecule has 6 nitrogen and oxygen atoms in total. The van der Waals surface area contributed by atoms with Crippen LogP contribution in [0.3, 0.4) is 0 Å². The summed E-state index contributed by atoms with van der Waals surface area (Å²) in [6.07, 6.45) is 3.14. The SMILES string of the molecule is COc1cccc(CCNC(=O)c2cc(N3c4ccccc4CC3C)ncn2)c1. The summed E-state index contributed by atoms with van der Waals surface area (Å²) in [6, 6.07) is 18.2. The number of anilines is 2. The van der Waals surface area contributed by atoms with Gasteiger partial charge in [0, 0.05) is 24.3 Å². The number of carbonyl (C=O) groups is 1. The lowest BCUT2D eigenvalue weighted by molar-refractivity contribution is 0.0949. The minimum Gasteiger partial charge on any atom is -0.497 e. The number of nitrogens with zero attached hydrogens (tertiary/aromatic N) is 3. The minimum absolute atomic E-state index is 0.198. The maximum absolute atomic E-state index is 12.6. The molecular formula is C23H24N4O2. The zero-order valence-corrected chi connectivity index (χ0v) is 16.6. The third-order valence-electron chi connectivity index (χ3n) is 5.17. The summed E-state index contributed by atoms with van der Waals surface area (Å²) >= 11 is 0. The average molecular weight is 388 g/mol. The first-order chi connectivity index (χ1) is 14.2. The van der Waals surface area contributed by atoms with Crippen LogP contribution in [0.4, 0.5) is 11.5 Å². The molecule has 0 bridgehead atoms. The van der Waals surface area contributed by atoms with Gasteiger partial charge in [0.05, 0.1) is 7.11 Å². The Morgan fingerprint density at radius 2 is 2.03 bits per heavy atom. The lowest BCUT2D eigenvalue weighted by Crippen LogP contribution is -2.28. The van der Waals surface area contributed by atoms with E-state index in [1.54, 1.807) is 13.2 Å². The standard InChI is InChI=1S/C23H24N4O2/c1-16-12-18-7-3-4-9-21(18)27(16)22-14-20(25-15-26-22)23(28)24-11-10-17-6-5-8-19(13-17)29-2/h3-9,13-16H,10-12H2,1-2H3,(H,24,28). The van der Waals surface area contributed by atoms with Gasteiger partial charge in [0.2, 0.25) is 0 Å². The van der Waals surface area contributed by atoms with Crippen LogP contribution >= 0.6 is 0 Å². The van der Waals surface area contributed by atoms with Gasteiger partial charge in [-0.15, -0.1) is 0 Å². The Balaban J connectivity index is 1.44. The molecule has 2 aromatic carbocycles. The van der Waals surface area contributed by atoms with Gasteiger partial charge in [-0.1, -0.05) is 30.3 Å². The second-order valence-corrected chi connectivity index (χ2v) is 7.17.